The number of ether oxygens (including phenoxy) is 1. The van der Waals surface area contributed by atoms with Gasteiger partial charge in [0.15, 0.2) is 0 Å². The van der Waals surface area contributed by atoms with Crippen LogP contribution in [0, 0.1) is 0 Å². The molecule has 19 heavy (non-hydrogen) atoms. The molecule has 0 amide bonds. The van der Waals surface area contributed by atoms with E-state index in [1.807, 2.05) is 22.9 Å². The Morgan fingerprint density at radius 2 is 2.21 bits per heavy atom. The fraction of sp³-hybridized carbons (Fsp3) is 0.400. The molecule has 1 aromatic carbocycles. The van der Waals surface area contributed by atoms with Crippen LogP contribution in [0.15, 0.2) is 30.3 Å². The Morgan fingerprint density at radius 1 is 1.37 bits per heavy atom. The molecular formula is C15H19N3O. The third kappa shape index (κ3) is 2.49. The van der Waals surface area contributed by atoms with Gasteiger partial charge in [-0.2, -0.15) is 5.10 Å². The molecule has 0 bridgehead atoms. The Labute approximate surface area is 113 Å². The molecule has 0 aliphatic heterocycles. The molecule has 1 aromatic heterocycles. The van der Waals surface area contributed by atoms with Crippen molar-refractivity contribution in [3.05, 3.63) is 41.7 Å². The second-order valence-electron chi connectivity index (χ2n) is 4.99. The molecule has 1 heterocycles. The summed E-state index contributed by atoms with van der Waals surface area (Å²) in [7, 11) is 1.68. The van der Waals surface area contributed by atoms with Crippen LogP contribution in [0.3, 0.4) is 0 Å². The Balaban J connectivity index is 2.01. The molecular weight excluding hydrogens is 238 g/mol. The average Bonchev–Trinajstić information content (AvgIpc) is 3.20. The number of nitrogens with zero attached hydrogens (tertiary/aromatic N) is 2. The third-order valence-electron chi connectivity index (χ3n) is 3.48. The zero-order valence-electron chi connectivity index (χ0n) is 11.2. The lowest BCUT2D eigenvalue weighted by molar-refractivity contribution is 0.414. The lowest BCUT2D eigenvalue weighted by atomic mass is 10.2. The van der Waals surface area contributed by atoms with Crippen molar-refractivity contribution in [3.63, 3.8) is 0 Å². The maximum atomic E-state index is 5.63. The maximum Gasteiger partial charge on any atom is 0.121 e. The van der Waals surface area contributed by atoms with E-state index in [1.165, 1.54) is 18.5 Å². The van der Waals surface area contributed by atoms with Gasteiger partial charge in [0.05, 0.1) is 18.5 Å². The zero-order valence-corrected chi connectivity index (χ0v) is 11.2. The van der Waals surface area contributed by atoms with Crippen molar-refractivity contribution in [1.82, 2.24) is 9.78 Å². The first-order valence-electron chi connectivity index (χ1n) is 6.75. The van der Waals surface area contributed by atoms with E-state index in [9.17, 15) is 0 Å². The minimum Gasteiger partial charge on any atom is -0.497 e. The van der Waals surface area contributed by atoms with Crippen molar-refractivity contribution in [3.8, 4) is 11.4 Å². The molecule has 0 spiro atoms. The second-order valence-corrected chi connectivity index (χ2v) is 4.99. The molecule has 2 N–H and O–H groups in total. The van der Waals surface area contributed by atoms with Crippen LogP contribution in [0.2, 0.25) is 0 Å². The molecule has 0 radical (unpaired) electrons. The second kappa shape index (κ2) is 5.05. The molecule has 4 nitrogen and oxygen atoms in total. The van der Waals surface area contributed by atoms with Crippen molar-refractivity contribution in [2.24, 2.45) is 5.73 Å². The molecule has 1 aliphatic carbocycles. The Morgan fingerprint density at radius 3 is 2.89 bits per heavy atom. The van der Waals surface area contributed by atoms with Crippen molar-refractivity contribution < 1.29 is 4.74 Å². The largest absolute Gasteiger partial charge is 0.497 e. The van der Waals surface area contributed by atoms with Gasteiger partial charge in [0.1, 0.15) is 5.75 Å². The number of benzene rings is 1. The summed E-state index contributed by atoms with van der Waals surface area (Å²) in [5.41, 5.74) is 9.07. The van der Waals surface area contributed by atoms with E-state index in [0.717, 1.165) is 23.6 Å². The van der Waals surface area contributed by atoms with Crippen LogP contribution < -0.4 is 10.5 Å². The summed E-state index contributed by atoms with van der Waals surface area (Å²) in [6.07, 6.45) is 3.35. The molecule has 2 aromatic rings. The standard InChI is InChI=1S/C15H19N3O/c1-19-14-4-2-3-13(10-14)18-15(11-5-6-11)9-12(17-18)7-8-16/h2-4,9-11H,5-8,16H2,1H3. The highest BCUT2D eigenvalue weighted by atomic mass is 16.5. The SMILES string of the molecule is COc1cccc(-n2nc(CCN)cc2C2CC2)c1. The molecule has 4 heteroatoms. The van der Waals surface area contributed by atoms with E-state index in [1.54, 1.807) is 7.11 Å². The van der Waals surface area contributed by atoms with Crippen molar-refractivity contribution in [2.45, 2.75) is 25.2 Å². The zero-order chi connectivity index (χ0) is 13.2. The van der Waals surface area contributed by atoms with Crippen LogP contribution in [0.4, 0.5) is 0 Å². The fourth-order valence-corrected chi connectivity index (χ4v) is 2.34. The molecule has 1 saturated carbocycles. The Kier molecular flexibility index (Phi) is 3.25. The molecule has 3 rings (SSSR count). The van der Waals surface area contributed by atoms with Crippen molar-refractivity contribution in [2.75, 3.05) is 13.7 Å². The number of hydrogen-bond donors (Lipinski definition) is 1. The molecule has 0 saturated heterocycles. The van der Waals surface area contributed by atoms with Gasteiger partial charge in [-0.05, 0) is 37.6 Å². The van der Waals surface area contributed by atoms with Gasteiger partial charge in [-0.1, -0.05) is 6.07 Å². The van der Waals surface area contributed by atoms with Crippen LogP contribution >= 0.6 is 0 Å². The molecule has 1 fully saturated rings. The van der Waals surface area contributed by atoms with Crippen molar-refractivity contribution in [1.29, 1.82) is 0 Å². The first-order chi connectivity index (χ1) is 9.31. The average molecular weight is 257 g/mol. The smallest absolute Gasteiger partial charge is 0.121 e. The highest BCUT2D eigenvalue weighted by Crippen LogP contribution is 2.41. The normalized spacial score (nSPS) is 14.6. The molecule has 0 atom stereocenters. The maximum absolute atomic E-state index is 5.63. The first-order valence-corrected chi connectivity index (χ1v) is 6.75. The van der Waals surface area contributed by atoms with Crippen LogP contribution in [-0.2, 0) is 6.42 Å². The summed E-state index contributed by atoms with van der Waals surface area (Å²) in [6.45, 7) is 0.638. The predicted octanol–water partition coefficient (Wildman–Crippen LogP) is 2.26. The third-order valence-corrected chi connectivity index (χ3v) is 3.48. The van der Waals surface area contributed by atoms with E-state index in [2.05, 4.69) is 17.2 Å². The summed E-state index contributed by atoms with van der Waals surface area (Å²) in [5, 5.41) is 4.69. The predicted molar refractivity (Wildman–Crippen MR) is 74.8 cm³/mol. The van der Waals surface area contributed by atoms with Gasteiger partial charge in [0.25, 0.3) is 0 Å². The van der Waals surface area contributed by atoms with Gasteiger partial charge in [-0.15, -0.1) is 0 Å². The lowest BCUT2D eigenvalue weighted by Gasteiger charge is -2.08. The van der Waals surface area contributed by atoms with Gasteiger partial charge in [0.2, 0.25) is 0 Å². The number of aromatic nitrogens is 2. The Hall–Kier alpha value is -1.81. The van der Waals surface area contributed by atoms with Gasteiger partial charge < -0.3 is 10.5 Å². The van der Waals surface area contributed by atoms with Gasteiger partial charge in [0, 0.05) is 24.1 Å². The monoisotopic (exact) mass is 257 g/mol. The molecule has 0 unspecified atom stereocenters. The minimum absolute atomic E-state index is 0.638. The van der Waals surface area contributed by atoms with Gasteiger partial charge >= 0.3 is 0 Å². The first kappa shape index (κ1) is 12.2. The summed E-state index contributed by atoms with van der Waals surface area (Å²) in [6, 6.07) is 10.2. The van der Waals surface area contributed by atoms with E-state index < -0.39 is 0 Å². The number of nitrogens with two attached hydrogens (primary N) is 1. The summed E-state index contributed by atoms with van der Waals surface area (Å²) < 4.78 is 7.33. The van der Waals surface area contributed by atoms with Gasteiger partial charge in [-0.25, -0.2) is 4.68 Å². The van der Waals surface area contributed by atoms with Crippen LogP contribution in [0.1, 0.15) is 30.1 Å². The summed E-state index contributed by atoms with van der Waals surface area (Å²) >= 11 is 0. The highest BCUT2D eigenvalue weighted by Gasteiger charge is 2.28. The van der Waals surface area contributed by atoms with E-state index in [-0.39, 0.29) is 0 Å². The topological polar surface area (TPSA) is 53.1 Å². The fourth-order valence-electron chi connectivity index (χ4n) is 2.34. The van der Waals surface area contributed by atoms with Crippen LogP contribution in [-0.4, -0.2) is 23.4 Å². The quantitative estimate of drug-likeness (QED) is 0.894. The van der Waals surface area contributed by atoms with Gasteiger partial charge in [-0.3, -0.25) is 0 Å². The Bertz CT molecular complexity index is 573. The van der Waals surface area contributed by atoms with E-state index in [4.69, 9.17) is 10.5 Å². The summed E-state index contributed by atoms with van der Waals surface area (Å²) in [5.74, 6) is 1.51. The summed E-state index contributed by atoms with van der Waals surface area (Å²) in [4.78, 5) is 0. The molecule has 1 aliphatic rings. The molecule has 100 valence electrons. The van der Waals surface area contributed by atoms with E-state index >= 15 is 0 Å². The van der Waals surface area contributed by atoms with Crippen LogP contribution in [0.5, 0.6) is 5.75 Å². The van der Waals surface area contributed by atoms with Crippen LogP contribution in [0.25, 0.3) is 5.69 Å². The number of hydrogen-bond acceptors (Lipinski definition) is 3. The van der Waals surface area contributed by atoms with E-state index in [0.29, 0.717) is 12.5 Å². The number of rotatable bonds is 5. The lowest BCUT2D eigenvalue weighted by Crippen LogP contribution is -2.05. The minimum atomic E-state index is 0.638. The number of methoxy groups -OCH3 is 1. The van der Waals surface area contributed by atoms with Crippen molar-refractivity contribution >= 4 is 0 Å². The highest BCUT2D eigenvalue weighted by molar-refractivity contribution is 5.41.